The first kappa shape index (κ1) is 26.3. The van der Waals surface area contributed by atoms with Crippen molar-refractivity contribution in [3.05, 3.63) is 84.0 Å². The lowest BCUT2D eigenvalue weighted by Gasteiger charge is -2.11. The molecule has 0 saturated heterocycles. The number of rotatable bonds is 8. The summed E-state index contributed by atoms with van der Waals surface area (Å²) in [7, 11) is 0. The number of esters is 1. The van der Waals surface area contributed by atoms with Crippen molar-refractivity contribution in [2.75, 3.05) is 0 Å². The first-order chi connectivity index (χ1) is 19.7. The van der Waals surface area contributed by atoms with Crippen molar-refractivity contribution in [1.82, 2.24) is 24.1 Å². The molecule has 0 aliphatic heterocycles. The number of carbonyl (C=O) groups excluding carboxylic acids is 1. The third-order valence-electron chi connectivity index (χ3n) is 7.12. The molecule has 0 unspecified atom stereocenters. The highest BCUT2D eigenvalue weighted by Crippen LogP contribution is 2.45. The molecule has 0 radical (unpaired) electrons. The Labute approximate surface area is 232 Å². The zero-order chi connectivity index (χ0) is 28.8. The van der Waals surface area contributed by atoms with Crippen LogP contribution < -0.4 is 0 Å². The van der Waals surface area contributed by atoms with Gasteiger partial charge in [-0.1, -0.05) is 13.8 Å². The second-order valence-electron chi connectivity index (χ2n) is 10.3. The van der Waals surface area contributed by atoms with E-state index in [4.69, 9.17) is 14.8 Å². The number of hydrogen-bond acceptors (Lipinski definition) is 6. The summed E-state index contributed by atoms with van der Waals surface area (Å²) in [5, 5.41) is 13.0. The van der Waals surface area contributed by atoms with Crippen molar-refractivity contribution in [2.45, 2.75) is 45.3 Å². The van der Waals surface area contributed by atoms with Crippen molar-refractivity contribution in [1.29, 1.82) is 0 Å². The van der Waals surface area contributed by atoms with Gasteiger partial charge in [-0.3, -0.25) is 9.38 Å². The van der Waals surface area contributed by atoms with Crippen molar-refractivity contribution in [3.63, 3.8) is 0 Å². The van der Waals surface area contributed by atoms with Gasteiger partial charge in [0.15, 0.2) is 12.4 Å². The number of nitrogens with zero attached hydrogens (tertiary/aromatic N) is 5. The highest BCUT2D eigenvalue weighted by atomic mass is 19.1. The number of halogens is 2. The summed E-state index contributed by atoms with van der Waals surface area (Å²) in [5.74, 6) is -2.71. The Bertz CT molecular complexity index is 1870. The summed E-state index contributed by atoms with van der Waals surface area (Å²) in [4.78, 5) is 31.7. The van der Waals surface area contributed by atoms with E-state index in [-0.39, 0.29) is 29.8 Å². The van der Waals surface area contributed by atoms with Gasteiger partial charge >= 0.3 is 11.9 Å². The van der Waals surface area contributed by atoms with Crippen molar-refractivity contribution < 1.29 is 28.2 Å². The zero-order valence-electron chi connectivity index (χ0n) is 22.2. The van der Waals surface area contributed by atoms with E-state index in [1.54, 1.807) is 36.7 Å². The van der Waals surface area contributed by atoms with E-state index in [2.05, 4.69) is 10.1 Å². The molecule has 5 aromatic rings. The Morgan fingerprint density at radius 1 is 1.15 bits per heavy atom. The standard InChI is InChI=1S/C30H25F2N5O4/c1-16(2)20-11-18(5-7-22(20)31)23-14-36-25(13-33-23)35-29(17-3-4-17)30(36)19-6-8-24-21(28(19)32)12-34-37(24)15-41-27(40)10-9-26(38)39/h5-14,16-17H,3-4,15H2,1-2H3,(H,38,39)/b10-9+. The van der Waals surface area contributed by atoms with E-state index >= 15 is 4.39 Å². The molecule has 0 atom stereocenters. The smallest absolute Gasteiger partial charge is 0.332 e. The van der Waals surface area contributed by atoms with Crippen LogP contribution in [0.25, 0.3) is 39.1 Å². The quantitative estimate of drug-likeness (QED) is 0.189. The molecular formula is C30H25F2N5O4. The molecule has 208 valence electrons. The van der Waals surface area contributed by atoms with Gasteiger partial charge in [0.2, 0.25) is 0 Å². The Morgan fingerprint density at radius 3 is 2.68 bits per heavy atom. The van der Waals surface area contributed by atoms with Gasteiger partial charge in [-0.15, -0.1) is 0 Å². The summed E-state index contributed by atoms with van der Waals surface area (Å²) in [6.07, 6.45) is 8.17. The predicted molar refractivity (Wildman–Crippen MR) is 146 cm³/mol. The monoisotopic (exact) mass is 557 g/mol. The second kappa shape index (κ2) is 10.2. The number of fused-ring (bicyclic) bond motifs is 2. The van der Waals surface area contributed by atoms with Crippen LogP contribution in [0.15, 0.2) is 61.1 Å². The van der Waals surface area contributed by atoms with Crippen LogP contribution in [-0.2, 0) is 21.1 Å². The number of aromatic nitrogens is 5. The van der Waals surface area contributed by atoms with Gasteiger partial charge in [0, 0.05) is 35.4 Å². The summed E-state index contributed by atoms with van der Waals surface area (Å²) in [6.45, 7) is 3.53. The fraction of sp³-hybridized carbons (Fsp3) is 0.233. The lowest BCUT2D eigenvalue weighted by atomic mass is 9.99. The summed E-state index contributed by atoms with van der Waals surface area (Å²) < 4.78 is 38.7. The molecule has 2 aromatic carbocycles. The maximum atomic E-state index is 16.1. The Morgan fingerprint density at radius 2 is 1.95 bits per heavy atom. The molecule has 1 N–H and O–H groups in total. The van der Waals surface area contributed by atoms with Crippen LogP contribution >= 0.6 is 0 Å². The first-order valence-electron chi connectivity index (χ1n) is 13.1. The van der Waals surface area contributed by atoms with Gasteiger partial charge in [-0.2, -0.15) is 5.10 Å². The van der Waals surface area contributed by atoms with Gasteiger partial charge in [-0.25, -0.2) is 28.0 Å². The Kier molecular flexibility index (Phi) is 6.56. The van der Waals surface area contributed by atoms with Crippen LogP contribution in [0, 0.1) is 11.6 Å². The average Bonchev–Trinajstić information content (AvgIpc) is 3.60. The van der Waals surface area contributed by atoms with Crippen LogP contribution in [0.3, 0.4) is 0 Å². The molecule has 0 amide bonds. The van der Waals surface area contributed by atoms with E-state index in [9.17, 15) is 14.0 Å². The molecule has 9 nitrogen and oxygen atoms in total. The maximum Gasteiger partial charge on any atom is 0.332 e. The number of aliphatic carboxylic acids is 1. The third-order valence-corrected chi connectivity index (χ3v) is 7.12. The van der Waals surface area contributed by atoms with Gasteiger partial charge in [-0.05, 0) is 54.7 Å². The number of carboxylic acid groups (broad SMARTS) is 1. The van der Waals surface area contributed by atoms with Crippen LogP contribution in [-0.4, -0.2) is 41.2 Å². The van der Waals surface area contributed by atoms with Gasteiger partial charge in [0.25, 0.3) is 0 Å². The molecule has 1 saturated carbocycles. The fourth-order valence-electron chi connectivity index (χ4n) is 4.89. The normalized spacial score (nSPS) is 13.6. The Balaban J connectivity index is 1.41. The number of carboxylic acids is 1. The summed E-state index contributed by atoms with van der Waals surface area (Å²) in [6, 6.07) is 8.24. The van der Waals surface area contributed by atoms with Crippen LogP contribution in [0.1, 0.15) is 49.8 Å². The van der Waals surface area contributed by atoms with Crippen LogP contribution in [0.4, 0.5) is 8.78 Å². The number of imidazole rings is 1. The topological polar surface area (TPSA) is 112 Å². The zero-order valence-corrected chi connectivity index (χ0v) is 22.2. The number of benzene rings is 2. The van der Waals surface area contributed by atoms with Crippen LogP contribution in [0.2, 0.25) is 0 Å². The van der Waals surface area contributed by atoms with E-state index in [0.29, 0.717) is 39.8 Å². The molecule has 1 aliphatic rings. The SMILES string of the molecule is CC(C)c1cc(-c2cn3c(-c4ccc5c(cnn5COC(=O)/C=C/C(=O)O)c4F)c(C4CC4)nc3cn2)ccc1F. The van der Waals surface area contributed by atoms with Crippen molar-refractivity contribution in [2.24, 2.45) is 0 Å². The molecule has 3 aromatic heterocycles. The molecule has 6 rings (SSSR count). The first-order valence-corrected chi connectivity index (χ1v) is 13.1. The highest BCUT2D eigenvalue weighted by molar-refractivity contribution is 5.91. The molecule has 0 bridgehead atoms. The minimum Gasteiger partial charge on any atom is -0.478 e. The molecule has 11 heteroatoms. The molecule has 1 aliphatic carbocycles. The van der Waals surface area contributed by atoms with Gasteiger partial charge in [0.05, 0.1) is 40.4 Å². The number of ether oxygens (including phenoxy) is 1. The average molecular weight is 558 g/mol. The number of hydrogen-bond donors (Lipinski definition) is 1. The molecular weight excluding hydrogens is 532 g/mol. The molecule has 1 fully saturated rings. The third kappa shape index (κ3) is 4.94. The van der Waals surface area contributed by atoms with E-state index in [0.717, 1.165) is 30.2 Å². The van der Waals surface area contributed by atoms with E-state index in [1.807, 2.05) is 18.2 Å². The molecule has 0 spiro atoms. The lowest BCUT2D eigenvalue weighted by molar-refractivity contribution is -0.142. The van der Waals surface area contributed by atoms with E-state index < -0.39 is 17.8 Å². The number of carbonyl (C=O) groups is 2. The second-order valence-corrected chi connectivity index (χ2v) is 10.3. The minimum atomic E-state index is -1.28. The summed E-state index contributed by atoms with van der Waals surface area (Å²) in [5.41, 5.74) is 4.66. The predicted octanol–water partition coefficient (Wildman–Crippen LogP) is 5.83. The lowest BCUT2D eigenvalue weighted by Crippen LogP contribution is -2.09. The van der Waals surface area contributed by atoms with Crippen LogP contribution in [0.5, 0.6) is 0 Å². The Hall–Kier alpha value is -4.93. The molecule has 3 heterocycles. The fourth-order valence-corrected chi connectivity index (χ4v) is 4.89. The highest BCUT2D eigenvalue weighted by Gasteiger charge is 2.32. The minimum absolute atomic E-state index is 0.00424. The molecule has 41 heavy (non-hydrogen) atoms. The largest absolute Gasteiger partial charge is 0.478 e. The van der Waals surface area contributed by atoms with Crippen molar-refractivity contribution >= 4 is 28.5 Å². The maximum absolute atomic E-state index is 16.1. The van der Waals surface area contributed by atoms with Gasteiger partial charge < -0.3 is 9.84 Å². The van der Waals surface area contributed by atoms with E-state index in [1.165, 1.54) is 16.9 Å². The van der Waals surface area contributed by atoms with Crippen molar-refractivity contribution in [3.8, 4) is 22.5 Å². The summed E-state index contributed by atoms with van der Waals surface area (Å²) >= 11 is 0. The van der Waals surface area contributed by atoms with Gasteiger partial charge in [0.1, 0.15) is 11.6 Å².